The predicted molar refractivity (Wildman–Crippen MR) is 280 cm³/mol. The molecule has 3 aromatic rings. The van der Waals surface area contributed by atoms with Crippen molar-refractivity contribution in [2.24, 2.45) is 10.8 Å². The van der Waals surface area contributed by atoms with E-state index in [1.165, 1.54) is 9.80 Å². The molecule has 75 heavy (non-hydrogen) atoms. The van der Waals surface area contributed by atoms with Crippen LogP contribution in [0.15, 0.2) is 60.7 Å². The van der Waals surface area contributed by atoms with Gasteiger partial charge in [-0.25, -0.2) is 0 Å². The highest BCUT2D eigenvalue weighted by Crippen LogP contribution is 2.39. The Balaban J connectivity index is 1.25. The Morgan fingerprint density at radius 1 is 0.547 bits per heavy atom. The monoisotopic (exact) mass is 1040 g/mol. The summed E-state index contributed by atoms with van der Waals surface area (Å²) < 4.78 is 11.9. The zero-order valence-electron chi connectivity index (χ0n) is 45.3. The number of hydrogen-bond acceptors (Lipinski definition) is 12. The van der Waals surface area contributed by atoms with E-state index in [0.29, 0.717) is 0 Å². The number of aromatic nitrogens is 1. The van der Waals surface area contributed by atoms with Crippen molar-refractivity contribution >= 4 is 47.3 Å². The van der Waals surface area contributed by atoms with Gasteiger partial charge in [-0.15, -0.1) is 0 Å². The van der Waals surface area contributed by atoms with Gasteiger partial charge in [0.05, 0.1) is 24.2 Å². The molecule has 3 aliphatic rings. The van der Waals surface area contributed by atoms with Gasteiger partial charge in [-0.2, -0.15) is 0 Å². The van der Waals surface area contributed by atoms with E-state index in [-0.39, 0.29) is 62.0 Å². The van der Waals surface area contributed by atoms with Crippen LogP contribution in [0.5, 0.6) is 11.5 Å². The Labute approximate surface area is 439 Å². The van der Waals surface area contributed by atoms with Gasteiger partial charge in [-0.1, -0.05) is 102 Å². The van der Waals surface area contributed by atoms with Crippen LogP contribution in [0.3, 0.4) is 0 Å². The number of rotatable bonds is 18. The van der Waals surface area contributed by atoms with Crippen LogP contribution in [0.4, 0.5) is 0 Å². The first-order valence-corrected chi connectivity index (χ1v) is 25.7. The fraction of sp³-hybridized carbons (Fsp3) is 0.556. The maximum atomic E-state index is 14.6. The lowest BCUT2D eigenvalue weighted by molar-refractivity contribution is -0.144. The van der Waals surface area contributed by atoms with Gasteiger partial charge in [-0.05, 0) is 76.6 Å². The van der Waals surface area contributed by atoms with Crippen molar-refractivity contribution in [3.63, 3.8) is 0 Å². The first-order chi connectivity index (χ1) is 35.3. The number of H-pyrrole nitrogens is 1. The summed E-state index contributed by atoms with van der Waals surface area (Å²) in [5, 5.41) is 23.5. The Kier molecular flexibility index (Phi) is 18.4. The van der Waals surface area contributed by atoms with E-state index in [1.807, 2.05) is 116 Å². The molecule has 4 heterocycles. The zero-order valence-corrected chi connectivity index (χ0v) is 45.3. The maximum Gasteiger partial charge on any atom is 0.272 e. The lowest BCUT2D eigenvalue weighted by Crippen LogP contribution is -2.59. The minimum atomic E-state index is -1.05. The summed E-state index contributed by atoms with van der Waals surface area (Å²) in [6, 6.07) is 10.9. The van der Waals surface area contributed by atoms with Crippen molar-refractivity contribution in [2.45, 2.75) is 142 Å². The highest BCUT2D eigenvalue weighted by molar-refractivity contribution is 6.04. The number of fused-ring (bicyclic) bond motifs is 1. The van der Waals surface area contributed by atoms with E-state index in [9.17, 15) is 38.4 Å². The molecule has 6 rings (SSSR count). The number of benzene rings is 2. The Morgan fingerprint density at radius 2 is 0.893 bits per heavy atom. The van der Waals surface area contributed by atoms with Crippen molar-refractivity contribution in [2.75, 3.05) is 40.4 Å². The molecular formula is C54H77N11O10. The Morgan fingerprint density at radius 3 is 1.21 bits per heavy atom. The SMILES string of the molecule is CN[C@@H](C)C(=O)N[C@H](C(=O)N1C[C@@H](NC(=O)c2[nH]c(C(=O)N[C@H]3C[C@@H](C(=O)N[C@H](C)c4ccccc4)N(C(=O)[C@@H](NC(=O)[C@H](C)NC)C(C)(C)C)C3)c3c2OCCO3)C[C@H]1C(=O)NC(C)c1ccccc1)C(C)(C)C. The standard InChI is InChI=1S/C54H77N11O10/c1-29(33-19-15-13-16-20-33)57-47(68)37-25-35(27-64(37)51(72)43(53(5,6)7)62-45(66)31(3)55-11)59-49(70)39-41-42(75-24-23-74-41)40(61-39)50(71)60-36-26-38(48(69)58-30(2)34-21-17-14-18-22-34)65(28-36)52(73)44(54(8,9)10)63-46(67)32(4)56-12/h13-22,29-32,35-38,43-44,55-56,61H,23-28H2,1-12H3,(H,57,68)(H,58,69)(H,59,70)(H,60,71)(H,62,66)(H,63,67)/t29-,30?,31+,32+,35+,36+,37+,38+,43-,44-/m1/s1. The van der Waals surface area contributed by atoms with Crippen LogP contribution in [0.25, 0.3) is 0 Å². The number of carbonyl (C=O) groups is 8. The van der Waals surface area contributed by atoms with Crippen molar-refractivity contribution in [3.8, 4) is 11.5 Å². The van der Waals surface area contributed by atoms with Crippen molar-refractivity contribution in [1.29, 1.82) is 0 Å². The smallest absolute Gasteiger partial charge is 0.272 e. The average molecular weight is 1040 g/mol. The van der Waals surface area contributed by atoms with E-state index in [4.69, 9.17) is 9.47 Å². The molecule has 408 valence electrons. The molecule has 21 nitrogen and oxygen atoms in total. The highest BCUT2D eigenvalue weighted by Gasteiger charge is 2.48. The normalized spacial score (nSPS) is 20.9. The summed E-state index contributed by atoms with van der Waals surface area (Å²) in [6.45, 7) is 17.8. The summed E-state index contributed by atoms with van der Waals surface area (Å²) in [4.78, 5) is 119. The molecule has 2 fully saturated rings. The second-order valence-electron chi connectivity index (χ2n) is 22.0. The lowest BCUT2D eigenvalue weighted by Gasteiger charge is -2.36. The number of hydrogen-bond donors (Lipinski definition) is 9. The molecule has 8 amide bonds. The van der Waals surface area contributed by atoms with E-state index < -0.39 is 119 Å². The molecule has 0 aliphatic carbocycles. The van der Waals surface area contributed by atoms with E-state index >= 15 is 0 Å². The van der Waals surface area contributed by atoms with Crippen LogP contribution in [0.1, 0.15) is 126 Å². The number of carbonyl (C=O) groups excluding carboxylic acids is 8. The number of ether oxygens (including phenoxy) is 2. The molecule has 0 bridgehead atoms. The molecular weight excluding hydrogens is 963 g/mol. The molecule has 9 N–H and O–H groups in total. The van der Waals surface area contributed by atoms with Gasteiger partial charge >= 0.3 is 0 Å². The third-order valence-electron chi connectivity index (χ3n) is 14.2. The minimum absolute atomic E-state index is 0.0141. The first kappa shape index (κ1) is 57.3. The molecule has 10 atom stereocenters. The molecule has 2 aromatic carbocycles. The number of nitrogens with zero attached hydrogens (tertiary/aromatic N) is 2. The number of likely N-dealkylation sites (N-methyl/N-ethyl adjacent to an activating group) is 2. The van der Waals surface area contributed by atoms with Gasteiger partial charge in [-0.3, -0.25) is 38.4 Å². The van der Waals surface area contributed by atoms with Crippen LogP contribution in [0, 0.1) is 10.8 Å². The number of likely N-dealkylation sites (tertiary alicyclic amines) is 2. The van der Waals surface area contributed by atoms with Gasteiger partial charge < -0.3 is 66.8 Å². The van der Waals surface area contributed by atoms with Gasteiger partial charge in [0.1, 0.15) is 37.4 Å². The Bertz CT molecular complexity index is 2390. The average Bonchev–Trinajstić information content (AvgIpc) is 4.12. The van der Waals surface area contributed by atoms with E-state index in [2.05, 4.69) is 47.5 Å². The second kappa shape index (κ2) is 24.1. The van der Waals surface area contributed by atoms with Gasteiger partial charge in [0.25, 0.3) is 11.8 Å². The Hall–Kier alpha value is -7.00. The van der Waals surface area contributed by atoms with Crippen molar-refractivity contribution < 1.29 is 47.8 Å². The molecule has 1 unspecified atom stereocenters. The van der Waals surface area contributed by atoms with E-state index in [0.717, 1.165) is 11.1 Å². The summed E-state index contributed by atoms with van der Waals surface area (Å²) >= 11 is 0. The van der Waals surface area contributed by atoms with Crippen LogP contribution in [0.2, 0.25) is 0 Å². The highest BCUT2D eigenvalue weighted by atomic mass is 16.6. The molecule has 1 aromatic heterocycles. The largest absolute Gasteiger partial charge is 0.484 e. The molecule has 0 spiro atoms. The summed E-state index contributed by atoms with van der Waals surface area (Å²) in [5.41, 5.74) is -0.162. The van der Waals surface area contributed by atoms with Crippen LogP contribution in [-0.2, 0) is 28.8 Å². The number of nitrogens with one attached hydrogen (secondary N) is 9. The third-order valence-corrected chi connectivity index (χ3v) is 14.2. The first-order valence-electron chi connectivity index (χ1n) is 25.7. The van der Waals surface area contributed by atoms with Crippen LogP contribution < -0.4 is 52.0 Å². The lowest BCUT2D eigenvalue weighted by atomic mass is 9.85. The van der Waals surface area contributed by atoms with Gasteiger partial charge in [0.2, 0.25) is 35.4 Å². The molecule has 2 saturated heterocycles. The molecule has 0 radical (unpaired) electrons. The van der Waals surface area contributed by atoms with Gasteiger partial charge in [0, 0.05) is 25.2 Å². The van der Waals surface area contributed by atoms with E-state index in [1.54, 1.807) is 27.9 Å². The van der Waals surface area contributed by atoms with Crippen molar-refractivity contribution in [3.05, 3.63) is 83.2 Å². The van der Waals surface area contributed by atoms with Crippen LogP contribution >= 0.6 is 0 Å². The molecule has 3 aliphatic heterocycles. The second-order valence-corrected chi connectivity index (χ2v) is 22.0. The minimum Gasteiger partial charge on any atom is -0.484 e. The molecule has 0 saturated carbocycles. The number of aromatic amines is 1. The third kappa shape index (κ3) is 13.7. The summed E-state index contributed by atoms with van der Waals surface area (Å²) in [6.07, 6.45) is 0.0282. The fourth-order valence-corrected chi connectivity index (χ4v) is 9.42. The predicted octanol–water partition coefficient (Wildman–Crippen LogP) is 2.22. The molecule has 21 heteroatoms. The fourth-order valence-electron chi connectivity index (χ4n) is 9.42. The summed E-state index contributed by atoms with van der Waals surface area (Å²) in [7, 11) is 3.26. The maximum absolute atomic E-state index is 14.6. The zero-order chi connectivity index (χ0) is 55.1. The number of amides is 8. The summed E-state index contributed by atoms with van der Waals surface area (Å²) in [5.74, 6) is -4.18. The van der Waals surface area contributed by atoms with Gasteiger partial charge in [0.15, 0.2) is 22.9 Å². The van der Waals surface area contributed by atoms with Crippen LogP contribution in [-0.4, -0.2) is 151 Å². The quantitative estimate of drug-likeness (QED) is 0.0888. The topological polar surface area (TPSA) is 274 Å². The van der Waals surface area contributed by atoms with Crippen molar-refractivity contribution in [1.82, 2.24) is 57.3 Å².